The minimum absolute atomic E-state index is 0.0647. The van der Waals surface area contributed by atoms with Crippen LogP contribution in [0.15, 0.2) is 30.3 Å². The fourth-order valence-corrected chi connectivity index (χ4v) is 1.34. The van der Waals surface area contributed by atoms with Gasteiger partial charge in [-0.1, -0.05) is 30.3 Å². The van der Waals surface area contributed by atoms with Crippen LogP contribution in [0.25, 0.3) is 0 Å². The van der Waals surface area contributed by atoms with E-state index < -0.39 is 23.1 Å². The second kappa shape index (κ2) is 6.05. The molecule has 0 saturated carbocycles. The molecule has 1 atom stereocenters. The Kier molecular flexibility index (Phi) is 4.89. The van der Waals surface area contributed by atoms with E-state index in [1.54, 1.807) is 20.8 Å². The molecule has 0 amide bonds. The Morgan fingerprint density at radius 1 is 1.05 bits per heavy atom. The summed E-state index contributed by atoms with van der Waals surface area (Å²) in [4.78, 5) is 23.8. The first kappa shape index (κ1) is 16.2. The summed E-state index contributed by atoms with van der Waals surface area (Å²) in [6.45, 7) is 6.46. The summed E-state index contributed by atoms with van der Waals surface area (Å²) in [6.07, 6.45) is 0. The van der Waals surface area contributed by atoms with Gasteiger partial charge in [-0.15, -0.1) is 0 Å². The molecule has 0 aliphatic carbocycles. The summed E-state index contributed by atoms with van der Waals surface area (Å²) in [5.74, 6) is -1.61. The van der Waals surface area contributed by atoms with Gasteiger partial charge < -0.3 is 15.2 Å². The van der Waals surface area contributed by atoms with Crippen LogP contribution in [-0.4, -0.2) is 23.1 Å². The summed E-state index contributed by atoms with van der Waals surface area (Å²) in [5.41, 5.74) is 4.02. The van der Waals surface area contributed by atoms with Crippen molar-refractivity contribution in [3.63, 3.8) is 0 Å². The van der Waals surface area contributed by atoms with Gasteiger partial charge in [0, 0.05) is 0 Å². The van der Waals surface area contributed by atoms with Crippen molar-refractivity contribution in [2.45, 2.75) is 45.4 Å². The van der Waals surface area contributed by atoms with Crippen molar-refractivity contribution >= 4 is 11.9 Å². The lowest BCUT2D eigenvalue weighted by Gasteiger charge is -2.26. The van der Waals surface area contributed by atoms with Crippen LogP contribution in [0.2, 0.25) is 0 Å². The van der Waals surface area contributed by atoms with Gasteiger partial charge in [0.15, 0.2) is 0 Å². The number of nitrogens with two attached hydrogens (primary N) is 1. The zero-order valence-electron chi connectivity index (χ0n) is 12.3. The molecular formula is C15H21NO4. The van der Waals surface area contributed by atoms with Gasteiger partial charge in [0.05, 0.1) is 0 Å². The zero-order chi connectivity index (χ0) is 15.4. The van der Waals surface area contributed by atoms with Crippen molar-refractivity contribution in [1.82, 2.24) is 0 Å². The van der Waals surface area contributed by atoms with Crippen molar-refractivity contribution in [1.29, 1.82) is 0 Å². The number of carbonyl (C=O) groups excluding carboxylic acids is 2. The fourth-order valence-electron chi connectivity index (χ4n) is 1.34. The molecule has 0 aromatic heterocycles. The normalized spacial score (nSPS) is 14.2. The highest BCUT2D eigenvalue weighted by Gasteiger charge is 2.42. The fraction of sp³-hybridized carbons (Fsp3) is 0.467. The Hall–Kier alpha value is -1.88. The van der Waals surface area contributed by atoms with Crippen LogP contribution in [0.1, 0.15) is 33.3 Å². The third kappa shape index (κ3) is 4.66. The molecule has 0 heterocycles. The van der Waals surface area contributed by atoms with Crippen molar-refractivity contribution in [2.24, 2.45) is 5.73 Å². The predicted octanol–water partition coefficient (Wildman–Crippen LogP) is 1.79. The Balaban J connectivity index is 2.63. The Morgan fingerprint density at radius 3 is 2.10 bits per heavy atom. The van der Waals surface area contributed by atoms with Crippen LogP contribution in [0.3, 0.4) is 0 Å². The summed E-state index contributed by atoms with van der Waals surface area (Å²) >= 11 is 0. The predicted molar refractivity (Wildman–Crippen MR) is 74.7 cm³/mol. The smallest absolute Gasteiger partial charge is 0.338 e. The second-order valence-electron chi connectivity index (χ2n) is 5.77. The lowest BCUT2D eigenvalue weighted by molar-refractivity contribution is -0.171. The molecule has 0 radical (unpaired) electrons. The minimum Gasteiger partial charge on any atom is -0.459 e. The molecule has 0 aliphatic rings. The van der Waals surface area contributed by atoms with Crippen molar-refractivity contribution in [3.8, 4) is 0 Å². The van der Waals surface area contributed by atoms with E-state index in [9.17, 15) is 9.59 Å². The summed E-state index contributed by atoms with van der Waals surface area (Å²) in [5, 5.41) is 0. The average molecular weight is 279 g/mol. The third-order valence-corrected chi connectivity index (χ3v) is 2.46. The molecule has 5 nitrogen and oxygen atoms in total. The van der Waals surface area contributed by atoms with Gasteiger partial charge in [-0.05, 0) is 33.3 Å². The first-order valence-corrected chi connectivity index (χ1v) is 6.36. The van der Waals surface area contributed by atoms with Crippen molar-refractivity contribution in [3.05, 3.63) is 35.9 Å². The number of carbonyl (C=O) groups is 2. The van der Waals surface area contributed by atoms with Gasteiger partial charge in [0.2, 0.25) is 5.54 Å². The summed E-state index contributed by atoms with van der Waals surface area (Å²) < 4.78 is 10.2. The highest BCUT2D eigenvalue weighted by Crippen LogP contribution is 2.14. The van der Waals surface area contributed by atoms with Crippen LogP contribution in [0, 0.1) is 0 Å². The summed E-state index contributed by atoms with van der Waals surface area (Å²) in [6, 6.07) is 9.15. The van der Waals surface area contributed by atoms with Crippen LogP contribution in [0.5, 0.6) is 0 Å². The Bertz CT molecular complexity index is 474. The molecule has 0 spiro atoms. The van der Waals surface area contributed by atoms with Gasteiger partial charge in [-0.25, -0.2) is 9.59 Å². The topological polar surface area (TPSA) is 78.6 Å². The van der Waals surface area contributed by atoms with Crippen LogP contribution in [0.4, 0.5) is 0 Å². The number of hydrogen-bond acceptors (Lipinski definition) is 5. The van der Waals surface area contributed by atoms with E-state index in [0.717, 1.165) is 5.56 Å². The summed E-state index contributed by atoms with van der Waals surface area (Å²) in [7, 11) is 0. The van der Waals surface area contributed by atoms with Crippen LogP contribution in [-0.2, 0) is 25.7 Å². The average Bonchev–Trinajstić information content (AvgIpc) is 2.35. The van der Waals surface area contributed by atoms with E-state index >= 15 is 0 Å². The maximum atomic E-state index is 11.9. The quantitative estimate of drug-likeness (QED) is 0.671. The van der Waals surface area contributed by atoms with Gasteiger partial charge in [0.1, 0.15) is 12.2 Å². The molecule has 5 heteroatoms. The number of esters is 2. The van der Waals surface area contributed by atoms with Crippen LogP contribution < -0.4 is 5.73 Å². The zero-order valence-corrected chi connectivity index (χ0v) is 12.3. The van der Waals surface area contributed by atoms with E-state index in [4.69, 9.17) is 15.2 Å². The molecule has 0 aliphatic heterocycles. The first-order valence-electron chi connectivity index (χ1n) is 6.36. The number of benzene rings is 1. The molecule has 1 aromatic rings. The molecule has 2 N–H and O–H groups in total. The Labute approximate surface area is 119 Å². The number of hydrogen-bond donors (Lipinski definition) is 1. The SMILES string of the molecule is CC(C)(C)OC(=O)C(C)(N)C(=O)OCc1ccccc1. The molecule has 1 unspecified atom stereocenters. The molecule has 110 valence electrons. The monoisotopic (exact) mass is 279 g/mol. The molecule has 1 rings (SSSR count). The second-order valence-corrected chi connectivity index (χ2v) is 5.77. The van der Waals surface area contributed by atoms with Gasteiger partial charge in [-0.3, -0.25) is 0 Å². The van der Waals surface area contributed by atoms with Gasteiger partial charge in [-0.2, -0.15) is 0 Å². The lowest BCUT2D eigenvalue weighted by atomic mass is 10.0. The number of ether oxygens (including phenoxy) is 2. The molecule has 0 bridgehead atoms. The molecule has 20 heavy (non-hydrogen) atoms. The first-order chi connectivity index (χ1) is 9.13. The minimum atomic E-state index is -1.82. The van der Waals surface area contributed by atoms with E-state index in [-0.39, 0.29) is 6.61 Å². The van der Waals surface area contributed by atoms with E-state index in [1.807, 2.05) is 30.3 Å². The maximum absolute atomic E-state index is 11.9. The van der Waals surface area contributed by atoms with E-state index in [0.29, 0.717) is 0 Å². The number of rotatable bonds is 4. The highest BCUT2D eigenvalue weighted by molar-refractivity contribution is 6.04. The Morgan fingerprint density at radius 2 is 1.60 bits per heavy atom. The molecule has 1 aromatic carbocycles. The van der Waals surface area contributed by atoms with Crippen molar-refractivity contribution in [2.75, 3.05) is 0 Å². The largest absolute Gasteiger partial charge is 0.459 e. The highest BCUT2D eigenvalue weighted by atomic mass is 16.6. The lowest BCUT2D eigenvalue weighted by Crippen LogP contribution is -2.55. The molecule has 0 saturated heterocycles. The van der Waals surface area contributed by atoms with Crippen LogP contribution >= 0.6 is 0 Å². The van der Waals surface area contributed by atoms with Gasteiger partial charge in [0.25, 0.3) is 0 Å². The molecule has 0 fully saturated rings. The van der Waals surface area contributed by atoms with E-state index in [2.05, 4.69) is 0 Å². The van der Waals surface area contributed by atoms with Crippen molar-refractivity contribution < 1.29 is 19.1 Å². The van der Waals surface area contributed by atoms with Gasteiger partial charge >= 0.3 is 11.9 Å². The standard InChI is InChI=1S/C15H21NO4/c1-14(2,3)20-13(18)15(4,16)12(17)19-10-11-8-6-5-7-9-11/h5-9H,10,16H2,1-4H3. The van der Waals surface area contributed by atoms with E-state index in [1.165, 1.54) is 6.92 Å². The maximum Gasteiger partial charge on any atom is 0.338 e. The molecular weight excluding hydrogens is 258 g/mol. The third-order valence-electron chi connectivity index (χ3n) is 2.46.